The number of carbonyl (C=O) groups excluding carboxylic acids is 1. The largest absolute Gasteiger partial charge is 0.481 e. The Hall–Kier alpha value is -2.02. The van der Waals surface area contributed by atoms with Gasteiger partial charge in [0, 0.05) is 11.3 Å². The first-order chi connectivity index (χ1) is 9.38. The van der Waals surface area contributed by atoms with Gasteiger partial charge in [0.2, 0.25) is 0 Å². The maximum absolute atomic E-state index is 11.7. The zero-order chi connectivity index (χ0) is 15.1. The van der Waals surface area contributed by atoms with Crippen molar-refractivity contribution in [3.05, 3.63) is 29.8 Å². The molecule has 0 aliphatic carbocycles. The van der Waals surface area contributed by atoms with E-state index in [4.69, 9.17) is 10.2 Å². The highest BCUT2D eigenvalue weighted by Crippen LogP contribution is 2.20. The van der Waals surface area contributed by atoms with Crippen molar-refractivity contribution in [2.45, 2.75) is 30.7 Å². The molecule has 0 aliphatic rings. The molecule has 0 saturated carbocycles. The SMILES string of the molecule is Cc1cccc(SC(=O)N[C@@H](CCC(=O)O)C(=O)O)c1. The van der Waals surface area contributed by atoms with Crippen LogP contribution in [0.4, 0.5) is 4.79 Å². The first kappa shape index (κ1) is 16.0. The van der Waals surface area contributed by atoms with Gasteiger partial charge < -0.3 is 15.5 Å². The Kier molecular flexibility index (Phi) is 6.05. The van der Waals surface area contributed by atoms with Gasteiger partial charge in [-0.25, -0.2) is 4.79 Å². The van der Waals surface area contributed by atoms with E-state index in [9.17, 15) is 14.4 Å². The molecule has 0 spiro atoms. The lowest BCUT2D eigenvalue weighted by atomic mass is 10.1. The van der Waals surface area contributed by atoms with Crippen LogP contribution in [-0.4, -0.2) is 33.4 Å². The summed E-state index contributed by atoms with van der Waals surface area (Å²) in [5.41, 5.74) is 0.989. The molecule has 0 radical (unpaired) electrons. The van der Waals surface area contributed by atoms with Gasteiger partial charge >= 0.3 is 11.9 Å². The highest BCUT2D eigenvalue weighted by molar-refractivity contribution is 8.13. The molecule has 20 heavy (non-hydrogen) atoms. The van der Waals surface area contributed by atoms with Gasteiger partial charge in [-0.1, -0.05) is 17.7 Å². The van der Waals surface area contributed by atoms with Gasteiger partial charge in [-0.15, -0.1) is 0 Å². The predicted molar refractivity (Wildman–Crippen MR) is 73.9 cm³/mol. The van der Waals surface area contributed by atoms with E-state index in [1.54, 1.807) is 18.2 Å². The molecule has 0 aromatic heterocycles. The minimum Gasteiger partial charge on any atom is -0.481 e. The highest BCUT2D eigenvalue weighted by atomic mass is 32.2. The standard InChI is InChI=1S/C13H15NO5S/c1-8-3-2-4-9(7-8)20-13(19)14-10(12(17)18)5-6-11(15)16/h2-4,7,10H,5-6H2,1H3,(H,14,19)(H,15,16)(H,17,18)/t10-/m0/s1. The number of aryl methyl sites for hydroxylation is 1. The summed E-state index contributed by atoms with van der Waals surface area (Å²) < 4.78 is 0. The highest BCUT2D eigenvalue weighted by Gasteiger charge is 2.21. The lowest BCUT2D eigenvalue weighted by molar-refractivity contribution is -0.140. The van der Waals surface area contributed by atoms with Crippen LogP contribution in [0.25, 0.3) is 0 Å². The zero-order valence-corrected chi connectivity index (χ0v) is 11.6. The van der Waals surface area contributed by atoms with Crippen molar-refractivity contribution in [3.63, 3.8) is 0 Å². The summed E-state index contributed by atoms with van der Waals surface area (Å²) in [7, 11) is 0. The predicted octanol–water partition coefficient (Wildman–Crippen LogP) is 2.11. The number of aliphatic carboxylic acids is 2. The normalized spacial score (nSPS) is 11.7. The van der Waals surface area contributed by atoms with Gasteiger partial charge in [0.25, 0.3) is 5.24 Å². The Balaban J connectivity index is 2.57. The summed E-state index contributed by atoms with van der Waals surface area (Å²) in [6, 6.07) is 6.02. The number of carbonyl (C=O) groups is 3. The third kappa shape index (κ3) is 5.75. The fourth-order valence-corrected chi connectivity index (χ4v) is 2.29. The zero-order valence-electron chi connectivity index (χ0n) is 10.8. The molecule has 0 saturated heterocycles. The average molecular weight is 297 g/mol. The van der Waals surface area contributed by atoms with Crippen LogP contribution in [0.15, 0.2) is 29.2 Å². The number of carboxylic acids is 2. The number of benzene rings is 1. The molecule has 0 heterocycles. The smallest absolute Gasteiger partial charge is 0.326 e. The molecule has 108 valence electrons. The van der Waals surface area contributed by atoms with E-state index in [0.29, 0.717) is 4.90 Å². The first-order valence-corrected chi connectivity index (χ1v) is 6.69. The molecular formula is C13H15NO5S. The minimum atomic E-state index is -1.25. The van der Waals surface area contributed by atoms with Crippen LogP contribution in [0.5, 0.6) is 0 Å². The van der Waals surface area contributed by atoms with Crippen molar-refractivity contribution in [1.29, 1.82) is 0 Å². The van der Waals surface area contributed by atoms with E-state index in [1.165, 1.54) is 0 Å². The van der Waals surface area contributed by atoms with Crippen LogP contribution in [0, 0.1) is 6.92 Å². The van der Waals surface area contributed by atoms with Gasteiger partial charge in [0.05, 0.1) is 0 Å². The number of hydrogen-bond acceptors (Lipinski definition) is 4. The second kappa shape index (κ2) is 7.54. The van der Waals surface area contributed by atoms with Gasteiger partial charge in [-0.05, 0) is 37.2 Å². The molecule has 0 bridgehead atoms. The van der Waals surface area contributed by atoms with Crippen molar-refractivity contribution in [2.75, 3.05) is 0 Å². The average Bonchev–Trinajstić information content (AvgIpc) is 2.33. The summed E-state index contributed by atoms with van der Waals surface area (Å²) in [5.74, 6) is -2.35. The molecule has 1 atom stereocenters. The van der Waals surface area contributed by atoms with Crippen LogP contribution in [0.2, 0.25) is 0 Å². The fourth-order valence-electron chi connectivity index (χ4n) is 1.48. The molecule has 0 fully saturated rings. The van der Waals surface area contributed by atoms with Crippen LogP contribution >= 0.6 is 11.8 Å². The number of hydrogen-bond donors (Lipinski definition) is 3. The summed E-state index contributed by atoms with van der Waals surface area (Å²) in [6.07, 6.45) is -0.461. The van der Waals surface area contributed by atoms with Crippen molar-refractivity contribution in [3.8, 4) is 0 Å². The third-order valence-corrected chi connectivity index (χ3v) is 3.23. The van der Waals surface area contributed by atoms with E-state index in [0.717, 1.165) is 17.3 Å². The Morgan fingerprint density at radius 3 is 2.55 bits per heavy atom. The van der Waals surface area contributed by atoms with Gasteiger partial charge in [-0.2, -0.15) is 0 Å². The minimum absolute atomic E-state index is 0.148. The molecule has 6 nitrogen and oxygen atoms in total. The number of carboxylic acid groups (broad SMARTS) is 2. The van der Waals surface area contributed by atoms with Crippen LogP contribution in [0.1, 0.15) is 18.4 Å². The number of nitrogens with one attached hydrogen (secondary N) is 1. The maximum atomic E-state index is 11.7. The molecule has 1 rings (SSSR count). The molecular weight excluding hydrogens is 282 g/mol. The van der Waals surface area contributed by atoms with Gasteiger partial charge in [0.15, 0.2) is 0 Å². The monoisotopic (exact) mass is 297 g/mol. The molecule has 1 amide bonds. The van der Waals surface area contributed by atoms with Gasteiger partial charge in [-0.3, -0.25) is 9.59 Å². The van der Waals surface area contributed by atoms with Crippen molar-refractivity contribution in [2.24, 2.45) is 0 Å². The molecule has 0 unspecified atom stereocenters. The molecule has 0 aliphatic heterocycles. The number of amides is 1. The Morgan fingerprint density at radius 2 is 2.00 bits per heavy atom. The molecule has 3 N–H and O–H groups in total. The van der Waals surface area contributed by atoms with Crippen molar-refractivity contribution in [1.82, 2.24) is 5.32 Å². The van der Waals surface area contributed by atoms with Crippen molar-refractivity contribution < 1.29 is 24.6 Å². The molecule has 1 aromatic rings. The Labute approximate surface area is 120 Å². The summed E-state index contributed by atoms with van der Waals surface area (Å²) in [4.78, 5) is 33.8. The Morgan fingerprint density at radius 1 is 1.30 bits per heavy atom. The van der Waals surface area contributed by atoms with E-state index in [1.807, 2.05) is 13.0 Å². The molecule has 7 heteroatoms. The second-order valence-corrected chi connectivity index (χ2v) is 5.22. The summed E-state index contributed by atoms with van der Waals surface area (Å²) >= 11 is 0.877. The fraction of sp³-hybridized carbons (Fsp3) is 0.308. The van der Waals surface area contributed by atoms with E-state index in [-0.39, 0.29) is 12.8 Å². The number of thioether (sulfide) groups is 1. The Bertz CT molecular complexity index is 517. The summed E-state index contributed by atoms with van der Waals surface area (Å²) in [5, 5.41) is 19.2. The van der Waals surface area contributed by atoms with E-state index in [2.05, 4.69) is 5.32 Å². The summed E-state index contributed by atoms with van der Waals surface area (Å²) in [6.45, 7) is 1.88. The van der Waals surface area contributed by atoms with Gasteiger partial charge in [0.1, 0.15) is 6.04 Å². The lowest BCUT2D eigenvalue weighted by Gasteiger charge is -2.13. The van der Waals surface area contributed by atoms with Crippen LogP contribution in [0.3, 0.4) is 0 Å². The third-order valence-electron chi connectivity index (χ3n) is 2.44. The first-order valence-electron chi connectivity index (χ1n) is 5.88. The lowest BCUT2D eigenvalue weighted by Crippen LogP contribution is -2.39. The second-order valence-electron chi connectivity index (χ2n) is 4.17. The van der Waals surface area contributed by atoms with Crippen LogP contribution < -0.4 is 5.32 Å². The number of rotatable bonds is 6. The quantitative estimate of drug-likeness (QED) is 0.695. The topological polar surface area (TPSA) is 104 Å². The maximum Gasteiger partial charge on any atom is 0.326 e. The van der Waals surface area contributed by atoms with Crippen molar-refractivity contribution >= 4 is 28.9 Å². The van der Waals surface area contributed by atoms with E-state index < -0.39 is 23.2 Å². The molecule has 1 aromatic carbocycles. The van der Waals surface area contributed by atoms with E-state index >= 15 is 0 Å². The van der Waals surface area contributed by atoms with Crippen LogP contribution in [-0.2, 0) is 9.59 Å².